The van der Waals surface area contributed by atoms with Crippen molar-refractivity contribution in [3.05, 3.63) is 82.3 Å². The van der Waals surface area contributed by atoms with Crippen LogP contribution in [-0.4, -0.2) is 15.8 Å². The Balaban J connectivity index is 2.96. The summed E-state index contributed by atoms with van der Waals surface area (Å²) in [5.74, 6) is 0.495. The lowest BCUT2D eigenvalue weighted by Gasteiger charge is -2.14. The highest BCUT2D eigenvalue weighted by atomic mass is 19.1. The Morgan fingerprint density at radius 1 is 1.35 bits per heavy atom. The molecule has 0 unspecified atom stereocenters. The molecule has 1 atom stereocenters. The molecule has 164 valence electrons. The van der Waals surface area contributed by atoms with Crippen molar-refractivity contribution < 1.29 is 9.18 Å². The van der Waals surface area contributed by atoms with Gasteiger partial charge in [-0.1, -0.05) is 49.8 Å². The number of nitrogens with zero attached hydrogens (tertiary/aromatic N) is 2. The van der Waals surface area contributed by atoms with Gasteiger partial charge in [0.1, 0.15) is 5.82 Å². The number of aromatic nitrogens is 2. The molecule has 0 fully saturated rings. The first-order valence-electron chi connectivity index (χ1n) is 10.7. The first-order valence-corrected chi connectivity index (χ1v) is 10.7. The Hall–Kier alpha value is -2.92. The highest BCUT2D eigenvalue weighted by molar-refractivity contribution is 6.13. The van der Waals surface area contributed by atoms with Gasteiger partial charge in [0.25, 0.3) is 0 Å². The van der Waals surface area contributed by atoms with Gasteiger partial charge in [-0.2, -0.15) is 0 Å². The first kappa shape index (κ1) is 24.4. The van der Waals surface area contributed by atoms with E-state index < -0.39 is 0 Å². The summed E-state index contributed by atoms with van der Waals surface area (Å²) in [5.41, 5.74) is 10.9. The Morgan fingerprint density at radius 2 is 2.10 bits per heavy atom. The summed E-state index contributed by atoms with van der Waals surface area (Å²) in [6, 6.07) is 0. The molecule has 4 nitrogen and oxygen atoms in total. The predicted octanol–water partition coefficient (Wildman–Crippen LogP) is 6.29. The quantitative estimate of drug-likeness (QED) is 0.548. The normalized spacial score (nSPS) is 21.9. The first-order chi connectivity index (χ1) is 14.9. The van der Waals surface area contributed by atoms with Crippen molar-refractivity contribution in [3.63, 3.8) is 0 Å². The fourth-order valence-corrected chi connectivity index (χ4v) is 3.54. The lowest BCUT2D eigenvalue weighted by molar-refractivity contribution is 0.103. The molecule has 0 saturated heterocycles. The molecule has 1 aromatic heterocycles. The highest BCUT2D eigenvalue weighted by Crippen LogP contribution is 2.31. The van der Waals surface area contributed by atoms with Gasteiger partial charge in [0.2, 0.25) is 0 Å². The molecule has 0 aliphatic heterocycles. The topological polar surface area (TPSA) is 68.9 Å². The third kappa shape index (κ3) is 6.05. The zero-order valence-corrected chi connectivity index (χ0v) is 19.1. The number of fused-ring (bicyclic) bond motifs is 1. The van der Waals surface area contributed by atoms with E-state index in [9.17, 15) is 9.18 Å². The maximum Gasteiger partial charge on any atom is 0.192 e. The van der Waals surface area contributed by atoms with Crippen LogP contribution in [0.25, 0.3) is 11.6 Å². The van der Waals surface area contributed by atoms with E-state index in [2.05, 4.69) is 29.9 Å². The number of nitrogens with two attached hydrogens (primary N) is 1. The van der Waals surface area contributed by atoms with E-state index in [1.54, 1.807) is 6.08 Å². The van der Waals surface area contributed by atoms with E-state index in [1.165, 1.54) is 6.08 Å². The molecular formula is C26H32FN3O. The van der Waals surface area contributed by atoms with E-state index in [1.807, 2.05) is 45.1 Å². The molecule has 1 aliphatic carbocycles. The van der Waals surface area contributed by atoms with Gasteiger partial charge in [0.05, 0.1) is 29.8 Å². The summed E-state index contributed by atoms with van der Waals surface area (Å²) in [5, 5.41) is 0. The minimum absolute atomic E-state index is 0.129. The molecule has 1 aliphatic rings. The number of carbonyl (C=O) groups is 1. The lowest BCUT2D eigenvalue weighted by atomic mass is 9.94. The molecule has 2 rings (SSSR count). The van der Waals surface area contributed by atoms with Gasteiger partial charge in [0.15, 0.2) is 5.78 Å². The average molecular weight is 422 g/mol. The van der Waals surface area contributed by atoms with Gasteiger partial charge in [-0.3, -0.25) is 4.79 Å². The van der Waals surface area contributed by atoms with Crippen molar-refractivity contribution >= 4 is 17.4 Å². The van der Waals surface area contributed by atoms with Gasteiger partial charge >= 0.3 is 0 Å². The maximum absolute atomic E-state index is 13.5. The number of hydrogen-bond donors (Lipinski definition) is 1. The second-order valence-corrected chi connectivity index (χ2v) is 7.71. The monoisotopic (exact) mass is 421 g/mol. The Labute approximate surface area is 184 Å². The summed E-state index contributed by atoms with van der Waals surface area (Å²) in [7, 11) is 0. The van der Waals surface area contributed by atoms with Crippen molar-refractivity contribution in [1.29, 1.82) is 0 Å². The highest BCUT2D eigenvalue weighted by Gasteiger charge is 2.24. The fourth-order valence-electron chi connectivity index (χ4n) is 3.54. The van der Waals surface area contributed by atoms with Gasteiger partial charge in [-0.05, 0) is 62.8 Å². The number of rotatable bonds is 6. The molecular weight excluding hydrogens is 389 g/mol. The van der Waals surface area contributed by atoms with Crippen molar-refractivity contribution in [2.75, 3.05) is 0 Å². The standard InChI is InChI=1S/C26H32FN3O/c1-6-8-10-20(11-9-12-27)25-24-22(29-23(16-28)30-25)15-21(18(4)7-2)14-17(3)13-19(5)26(24)31/h7-13,15,17H,6,14,16,28H2,1-5H3/b10-8-,12-9+,18-7+,19-13+,20-11+,21-15-/t17-/m0/s1. The number of hydrogen-bond acceptors (Lipinski definition) is 4. The number of allylic oxidation sites excluding steroid dienone is 10. The number of ketones is 1. The molecule has 1 aromatic rings. The van der Waals surface area contributed by atoms with Gasteiger partial charge in [-0.25, -0.2) is 14.4 Å². The van der Waals surface area contributed by atoms with E-state index in [4.69, 9.17) is 5.73 Å². The van der Waals surface area contributed by atoms with Gasteiger partial charge in [-0.15, -0.1) is 0 Å². The van der Waals surface area contributed by atoms with Crippen LogP contribution in [0.15, 0.2) is 59.5 Å². The van der Waals surface area contributed by atoms with Crippen molar-refractivity contribution in [2.45, 2.75) is 54.0 Å². The van der Waals surface area contributed by atoms with Crippen LogP contribution in [0.4, 0.5) is 4.39 Å². The van der Waals surface area contributed by atoms with Crippen LogP contribution in [0.1, 0.15) is 75.0 Å². The zero-order valence-electron chi connectivity index (χ0n) is 19.1. The summed E-state index contributed by atoms with van der Waals surface area (Å²) in [4.78, 5) is 22.8. The van der Waals surface area contributed by atoms with Crippen LogP contribution in [-0.2, 0) is 6.54 Å². The predicted molar refractivity (Wildman–Crippen MR) is 127 cm³/mol. The van der Waals surface area contributed by atoms with Crippen molar-refractivity contribution in [2.24, 2.45) is 11.7 Å². The number of halogens is 1. The van der Waals surface area contributed by atoms with E-state index in [0.29, 0.717) is 40.3 Å². The Kier molecular flexibility index (Phi) is 9.01. The minimum Gasteiger partial charge on any atom is -0.324 e. The smallest absolute Gasteiger partial charge is 0.192 e. The molecule has 0 amide bonds. The summed E-state index contributed by atoms with van der Waals surface area (Å²) in [6.07, 6.45) is 14.8. The second-order valence-electron chi connectivity index (χ2n) is 7.71. The largest absolute Gasteiger partial charge is 0.324 e. The van der Waals surface area contributed by atoms with Crippen LogP contribution in [0.5, 0.6) is 0 Å². The molecule has 0 bridgehead atoms. The van der Waals surface area contributed by atoms with Crippen LogP contribution < -0.4 is 5.73 Å². The van der Waals surface area contributed by atoms with Gasteiger partial charge in [0, 0.05) is 5.57 Å². The Bertz CT molecular complexity index is 1010. The van der Waals surface area contributed by atoms with Crippen molar-refractivity contribution in [3.8, 4) is 0 Å². The Morgan fingerprint density at radius 3 is 2.71 bits per heavy atom. The molecule has 0 aromatic carbocycles. The van der Waals surface area contributed by atoms with Crippen LogP contribution in [0.3, 0.4) is 0 Å². The van der Waals surface area contributed by atoms with Crippen LogP contribution >= 0.6 is 0 Å². The average Bonchev–Trinajstić information content (AvgIpc) is 2.80. The van der Waals surface area contributed by atoms with Crippen LogP contribution in [0.2, 0.25) is 0 Å². The van der Waals surface area contributed by atoms with Crippen LogP contribution in [0, 0.1) is 5.92 Å². The maximum atomic E-state index is 13.5. The molecule has 5 heteroatoms. The molecule has 31 heavy (non-hydrogen) atoms. The minimum atomic E-state index is -0.129. The SMILES string of the molecule is C/C=C(C)/C1=C\c2nc(CN)nc(C(/C=C\CC)=C/C=C/F)c2C(=O)/C(C)=C/[C@H](C)C1. The summed E-state index contributed by atoms with van der Waals surface area (Å²) in [6.45, 7) is 10.1. The van der Waals surface area contributed by atoms with E-state index >= 15 is 0 Å². The number of carbonyl (C=O) groups excluding carboxylic acids is 1. The van der Waals surface area contributed by atoms with E-state index in [-0.39, 0.29) is 18.2 Å². The molecule has 0 spiro atoms. The zero-order chi connectivity index (χ0) is 23.0. The molecule has 1 heterocycles. The van der Waals surface area contributed by atoms with Crippen molar-refractivity contribution in [1.82, 2.24) is 9.97 Å². The third-order valence-electron chi connectivity index (χ3n) is 5.23. The molecule has 0 radical (unpaired) electrons. The molecule has 2 N–H and O–H groups in total. The van der Waals surface area contributed by atoms with E-state index in [0.717, 1.165) is 24.0 Å². The third-order valence-corrected chi connectivity index (χ3v) is 5.23. The summed E-state index contributed by atoms with van der Waals surface area (Å²) < 4.78 is 12.8. The second kappa shape index (κ2) is 11.5. The van der Waals surface area contributed by atoms with Gasteiger partial charge < -0.3 is 5.73 Å². The lowest BCUT2D eigenvalue weighted by Crippen LogP contribution is -2.15. The molecule has 0 saturated carbocycles. The number of Topliss-reactive ketones (excluding diaryl/α,β-unsaturated/α-hetero) is 1. The summed E-state index contributed by atoms with van der Waals surface area (Å²) >= 11 is 0. The fraction of sp³-hybridized carbons (Fsp3) is 0.346.